The maximum absolute atomic E-state index is 12.8. The Balaban J connectivity index is 1.58. The molecule has 0 saturated carbocycles. The van der Waals surface area contributed by atoms with E-state index in [1.54, 1.807) is 0 Å². The van der Waals surface area contributed by atoms with E-state index in [-0.39, 0.29) is 23.7 Å². The molecule has 2 aliphatic rings. The van der Waals surface area contributed by atoms with Crippen LogP contribution >= 0.6 is 15.9 Å². The molecule has 6 nitrogen and oxygen atoms in total. The number of halogens is 1. The van der Waals surface area contributed by atoms with Gasteiger partial charge in [0.15, 0.2) is 5.69 Å². The Kier molecular flexibility index (Phi) is 6.05. The van der Waals surface area contributed by atoms with Gasteiger partial charge in [-0.25, -0.2) is 0 Å². The van der Waals surface area contributed by atoms with E-state index >= 15 is 0 Å². The van der Waals surface area contributed by atoms with E-state index in [4.69, 9.17) is 0 Å². The number of amides is 2. The van der Waals surface area contributed by atoms with Crippen molar-refractivity contribution in [2.75, 3.05) is 26.2 Å². The van der Waals surface area contributed by atoms with Crippen LogP contribution in [0.5, 0.6) is 0 Å². The predicted molar refractivity (Wildman–Crippen MR) is 104 cm³/mol. The van der Waals surface area contributed by atoms with Gasteiger partial charge in [0.05, 0.1) is 10.2 Å². The van der Waals surface area contributed by atoms with Crippen LogP contribution in [0, 0.1) is 11.8 Å². The fraction of sp³-hybridized carbons (Fsp3) is 0.737. The van der Waals surface area contributed by atoms with E-state index in [2.05, 4.69) is 46.9 Å². The molecule has 26 heavy (non-hydrogen) atoms. The molecule has 0 bridgehead atoms. The number of aromatic nitrogens is 2. The first kappa shape index (κ1) is 19.4. The molecule has 7 heteroatoms. The largest absolute Gasteiger partial charge is 0.342 e. The fourth-order valence-corrected chi connectivity index (χ4v) is 4.80. The van der Waals surface area contributed by atoms with Crippen LogP contribution in [0.25, 0.3) is 0 Å². The Labute approximate surface area is 163 Å². The average molecular weight is 425 g/mol. The van der Waals surface area contributed by atoms with Crippen molar-refractivity contribution >= 4 is 27.7 Å². The molecule has 0 radical (unpaired) electrons. The number of hydrogen-bond acceptors (Lipinski definition) is 3. The Hall–Kier alpha value is -1.37. The summed E-state index contributed by atoms with van der Waals surface area (Å²) in [5, 5.41) is 7.17. The predicted octanol–water partition coefficient (Wildman–Crippen LogP) is 3.41. The van der Waals surface area contributed by atoms with Gasteiger partial charge in [-0.15, -0.1) is 0 Å². The van der Waals surface area contributed by atoms with Gasteiger partial charge >= 0.3 is 0 Å². The van der Waals surface area contributed by atoms with Crippen LogP contribution < -0.4 is 0 Å². The van der Waals surface area contributed by atoms with Gasteiger partial charge in [0, 0.05) is 32.1 Å². The molecule has 2 saturated heterocycles. The molecule has 1 aromatic rings. The summed E-state index contributed by atoms with van der Waals surface area (Å²) < 4.78 is 0.762. The summed E-state index contributed by atoms with van der Waals surface area (Å²) in [7, 11) is 0. The molecular weight excluding hydrogens is 396 g/mol. The second kappa shape index (κ2) is 8.11. The Bertz CT molecular complexity index is 664. The van der Waals surface area contributed by atoms with Gasteiger partial charge in [0.1, 0.15) is 0 Å². The van der Waals surface area contributed by atoms with Gasteiger partial charge in [0.25, 0.3) is 5.91 Å². The van der Waals surface area contributed by atoms with E-state index in [0.717, 1.165) is 42.5 Å². The number of aromatic amines is 1. The maximum atomic E-state index is 12.8. The van der Waals surface area contributed by atoms with Gasteiger partial charge < -0.3 is 9.80 Å². The number of hydrogen-bond donors (Lipinski definition) is 1. The number of carbonyl (C=O) groups excluding carboxylic acids is 2. The lowest BCUT2D eigenvalue weighted by atomic mass is 9.92. The number of carbonyl (C=O) groups is 2. The normalized spacial score (nSPS) is 22.1. The molecule has 3 rings (SSSR count). The minimum atomic E-state index is -0.0579. The van der Waals surface area contributed by atoms with Crippen molar-refractivity contribution < 1.29 is 9.59 Å². The molecule has 1 unspecified atom stereocenters. The molecular formula is C19H29BrN4O2. The molecule has 3 heterocycles. The third-order valence-electron chi connectivity index (χ3n) is 5.61. The first-order chi connectivity index (χ1) is 12.4. The number of nitrogens with one attached hydrogen (secondary N) is 1. The van der Waals surface area contributed by atoms with E-state index < -0.39 is 0 Å². The van der Waals surface area contributed by atoms with Crippen molar-refractivity contribution in [2.45, 2.75) is 52.4 Å². The minimum Gasteiger partial charge on any atom is -0.342 e. The molecule has 2 aliphatic heterocycles. The van der Waals surface area contributed by atoms with Crippen LogP contribution in [0.1, 0.15) is 68.6 Å². The summed E-state index contributed by atoms with van der Waals surface area (Å²) >= 11 is 3.51. The van der Waals surface area contributed by atoms with Crippen LogP contribution in [0.2, 0.25) is 0 Å². The van der Waals surface area contributed by atoms with Gasteiger partial charge in [0.2, 0.25) is 5.91 Å². The molecule has 144 valence electrons. The molecule has 1 aromatic heterocycles. The molecule has 1 atom stereocenters. The van der Waals surface area contributed by atoms with E-state index in [0.29, 0.717) is 24.7 Å². The van der Waals surface area contributed by atoms with Crippen molar-refractivity contribution in [1.29, 1.82) is 0 Å². The second-order valence-electron chi connectivity index (χ2n) is 8.05. The smallest absolute Gasteiger partial charge is 0.275 e. The summed E-state index contributed by atoms with van der Waals surface area (Å²) in [5.74, 6) is 1.15. The molecule has 2 fully saturated rings. The van der Waals surface area contributed by atoms with Crippen molar-refractivity contribution in [3.8, 4) is 0 Å². The third-order valence-corrected chi connectivity index (χ3v) is 6.42. The highest BCUT2D eigenvalue weighted by Crippen LogP contribution is 2.28. The highest BCUT2D eigenvalue weighted by molar-refractivity contribution is 9.10. The zero-order valence-corrected chi connectivity index (χ0v) is 17.5. The van der Waals surface area contributed by atoms with Crippen LogP contribution in [-0.2, 0) is 4.79 Å². The lowest BCUT2D eigenvalue weighted by Crippen LogP contribution is -2.47. The molecule has 2 amide bonds. The summed E-state index contributed by atoms with van der Waals surface area (Å²) in [5.41, 5.74) is 1.39. The van der Waals surface area contributed by atoms with Crippen molar-refractivity contribution in [1.82, 2.24) is 20.0 Å². The Morgan fingerprint density at radius 1 is 1.15 bits per heavy atom. The summed E-state index contributed by atoms with van der Waals surface area (Å²) in [4.78, 5) is 29.4. The Morgan fingerprint density at radius 3 is 2.42 bits per heavy atom. The van der Waals surface area contributed by atoms with Gasteiger partial charge in [-0.05, 0) is 53.4 Å². The monoisotopic (exact) mass is 424 g/mol. The van der Waals surface area contributed by atoms with Gasteiger partial charge in [-0.2, -0.15) is 5.10 Å². The lowest BCUT2D eigenvalue weighted by Gasteiger charge is -2.37. The topological polar surface area (TPSA) is 69.3 Å². The first-order valence-electron chi connectivity index (χ1n) is 9.70. The molecule has 0 aromatic carbocycles. The Morgan fingerprint density at radius 2 is 1.85 bits per heavy atom. The van der Waals surface area contributed by atoms with Crippen molar-refractivity contribution in [3.05, 3.63) is 15.9 Å². The van der Waals surface area contributed by atoms with Crippen LogP contribution in [-0.4, -0.2) is 58.0 Å². The van der Waals surface area contributed by atoms with Crippen molar-refractivity contribution in [2.24, 2.45) is 11.8 Å². The van der Waals surface area contributed by atoms with Crippen LogP contribution in [0.4, 0.5) is 0 Å². The van der Waals surface area contributed by atoms with Gasteiger partial charge in [-0.3, -0.25) is 14.7 Å². The average Bonchev–Trinajstić information content (AvgIpc) is 3.02. The van der Waals surface area contributed by atoms with E-state index in [9.17, 15) is 9.59 Å². The number of nitrogens with zero attached hydrogens (tertiary/aromatic N) is 3. The SMILES string of the molecule is CC1CCCN(C(=O)C2CCN(C(=O)c3n[nH]c(C(C)C)c3Br)CC2)C1. The maximum Gasteiger partial charge on any atom is 0.275 e. The quantitative estimate of drug-likeness (QED) is 0.807. The first-order valence-corrected chi connectivity index (χ1v) is 10.5. The van der Waals surface area contributed by atoms with E-state index in [1.165, 1.54) is 6.42 Å². The summed E-state index contributed by atoms with van der Waals surface area (Å²) in [6.45, 7) is 9.35. The highest BCUT2D eigenvalue weighted by atomic mass is 79.9. The highest BCUT2D eigenvalue weighted by Gasteiger charge is 2.33. The van der Waals surface area contributed by atoms with Crippen LogP contribution in [0.15, 0.2) is 4.47 Å². The van der Waals surface area contributed by atoms with Crippen LogP contribution in [0.3, 0.4) is 0 Å². The summed E-state index contributed by atoms with van der Waals surface area (Å²) in [6.07, 6.45) is 3.81. The number of piperidine rings is 2. The fourth-order valence-electron chi connectivity index (χ4n) is 3.99. The lowest BCUT2D eigenvalue weighted by molar-refractivity contribution is -0.138. The number of likely N-dealkylation sites (tertiary alicyclic amines) is 2. The zero-order valence-electron chi connectivity index (χ0n) is 15.9. The van der Waals surface area contributed by atoms with Gasteiger partial charge in [-0.1, -0.05) is 20.8 Å². The number of rotatable bonds is 3. The summed E-state index contributed by atoms with van der Waals surface area (Å²) in [6, 6.07) is 0. The molecule has 0 spiro atoms. The van der Waals surface area contributed by atoms with Crippen molar-refractivity contribution in [3.63, 3.8) is 0 Å². The van der Waals surface area contributed by atoms with E-state index in [1.807, 2.05) is 9.80 Å². The second-order valence-corrected chi connectivity index (χ2v) is 8.85. The molecule has 1 N–H and O–H groups in total. The minimum absolute atomic E-state index is 0.0539. The molecule has 0 aliphatic carbocycles. The number of H-pyrrole nitrogens is 1. The standard InChI is InChI=1S/C19H29BrN4O2/c1-12(2)16-15(20)17(22-21-16)19(26)23-9-6-14(7-10-23)18(25)24-8-4-5-13(3)11-24/h12-14H,4-11H2,1-3H3,(H,21,22). The zero-order chi connectivity index (χ0) is 18.8. The third kappa shape index (κ3) is 3.97.